The number of rotatable bonds is 3. The van der Waals surface area contributed by atoms with Crippen LogP contribution in [0.5, 0.6) is 0 Å². The minimum absolute atomic E-state index is 0.0908. The van der Waals surface area contributed by atoms with Crippen molar-refractivity contribution in [2.75, 3.05) is 11.4 Å². The van der Waals surface area contributed by atoms with Crippen LogP contribution in [0.2, 0.25) is 0 Å². The molecule has 3 amide bonds. The van der Waals surface area contributed by atoms with Gasteiger partial charge in [-0.15, -0.1) is 0 Å². The van der Waals surface area contributed by atoms with E-state index in [1.165, 1.54) is 57.1 Å². The maximum absolute atomic E-state index is 13.5. The van der Waals surface area contributed by atoms with Gasteiger partial charge < -0.3 is 15.5 Å². The van der Waals surface area contributed by atoms with E-state index in [1.807, 2.05) is 0 Å². The molecule has 1 aromatic rings. The van der Waals surface area contributed by atoms with E-state index in [-0.39, 0.29) is 36.3 Å². The number of urea groups is 1. The highest BCUT2D eigenvalue weighted by Gasteiger charge is 2.32. The van der Waals surface area contributed by atoms with Gasteiger partial charge in [-0.1, -0.05) is 63.9 Å². The van der Waals surface area contributed by atoms with E-state index in [1.54, 1.807) is 17.0 Å². The zero-order valence-electron chi connectivity index (χ0n) is 17.3. The molecule has 1 aliphatic carbocycles. The van der Waals surface area contributed by atoms with Gasteiger partial charge in [-0.05, 0) is 31.0 Å². The van der Waals surface area contributed by atoms with Gasteiger partial charge in [0, 0.05) is 24.7 Å². The summed E-state index contributed by atoms with van der Waals surface area (Å²) in [5.74, 6) is -0.459. The monoisotopic (exact) mass is 403 g/mol. The van der Waals surface area contributed by atoms with Crippen LogP contribution in [0.4, 0.5) is 14.9 Å². The minimum Gasteiger partial charge on any atom is -0.335 e. The third-order valence-electron chi connectivity index (χ3n) is 6.02. The molecule has 2 aliphatic rings. The van der Waals surface area contributed by atoms with Crippen molar-refractivity contribution in [3.63, 3.8) is 0 Å². The molecule has 29 heavy (non-hydrogen) atoms. The SMILES string of the molecule is O=C(NC1CCCCCCCCCCC1)N[C@H]1CC(=O)N(c2cccc(F)c2)C1. The maximum atomic E-state index is 13.5. The van der Waals surface area contributed by atoms with E-state index in [0.717, 1.165) is 25.7 Å². The van der Waals surface area contributed by atoms with Gasteiger partial charge in [0.25, 0.3) is 0 Å². The summed E-state index contributed by atoms with van der Waals surface area (Å²) < 4.78 is 13.5. The van der Waals surface area contributed by atoms with Gasteiger partial charge in [0.1, 0.15) is 5.82 Å². The van der Waals surface area contributed by atoms with Crippen LogP contribution < -0.4 is 15.5 Å². The van der Waals surface area contributed by atoms with E-state index < -0.39 is 0 Å². The van der Waals surface area contributed by atoms with Crippen molar-refractivity contribution in [3.05, 3.63) is 30.1 Å². The number of halogens is 1. The first-order valence-electron chi connectivity index (χ1n) is 11.2. The summed E-state index contributed by atoms with van der Waals surface area (Å²) in [6, 6.07) is 5.77. The van der Waals surface area contributed by atoms with Crippen LogP contribution in [0.15, 0.2) is 24.3 Å². The van der Waals surface area contributed by atoms with Crippen LogP contribution in [0.3, 0.4) is 0 Å². The van der Waals surface area contributed by atoms with E-state index in [0.29, 0.717) is 12.2 Å². The molecule has 2 N–H and O–H groups in total. The third-order valence-corrected chi connectivity index (χ3v) is 6.02. The Morgan fingerprint density at radius 2 is 1.48 bits per heavy atom. The number of anilines is 1. The first-order valence-corrected chi connectivity index (χ1v) is 11.2. The standard InChI is InChI=1S/C23H34FN3O2/c24-18-11-10-14-21(15-18)27-17-20(16-22(27)28)26-23(29)25-19-12-8-6-4-2-1-3-5-7-9-13-19/h10-11,14-15,19-20H,1-9,12-13,16-17H2,(H2,25,26,29)/t20-/m0/s1. The predicted octanol–water partition coefficient (Wildman–Crippen LogP) is 4.90. The van der Waals surface area contributed by atoms with E-state index >= 15 is 0 Å². The molecule has 1 saturated heterocycles. The van der Waals surface area contributed by atoms with Crippen molar-refractivity contribution < 1.29 is 14.0 Å². The first kappa shape index (κ1) is 21.6. The van der Waals surface area contributed by atoms with Gasteiger partial charge >= 0.3 is 6.03 Å². The van der Waals surface area contributed by atoms with Crippen LogP contribution in [0.25, 0.3) is 0 Å². The van der Waals surface area contributed by atoms with Gasteiger partial charge in [-0.3, -0.25) is 4.79 Å². The highest BCUT2D eigenvalue weighted by atomic mass is 19.1. The molecular weight excluding hydrogens is 369 g/mol. The average molecular weight is 404 g/mol. The lowest BCUT2D eigenvalue weighted by molar-refractivity contribution is -0.117. The lowest BCUT2D eigenvalue weighted by Crippen LogP contribution is -2.47. The summed E-state index contributed by atoms with van der Waals surface area (Å²) in [6.07, 6.45) is 13.7. The smallest absolute Gasteiger partial charge is 0.315 e. The number of benzene rings is 1. The summed E-state index contributed by atoms with van der Waals surface area (Å²) in [7, 11) is 0. The second-order valence-electron chi connectivity index (χ2n) is 8.46. The fourth-order valence-corrected chi connectivity index (χ4v) is 4.42. The summed E-state index contributed by atoms with van der Waals surface area (Å²) >= 11 is 0. The van der Waals surface area contributed by atoms with Gasteiger partial charge in [0.05, 0.1) is 6.04 Å². The zero-order chi connectivity index (χ0) is 20.5. The van der Waals surface area contributed by atoms with Crippen LogP contribution in [0.1, 0.15) is 77.0 Å². The third kappa shape index (κ3) is 7.02. The predicted molar refractivity (Wildman–Crippen MR) is 113 cm³/mol. The molecule has 0 bridgehead atoms. The maximum Gasteiger partial charge on any atom is 0.315 e. The Kier molecular flexibility index (Phi) is 8.32. The highest BCUT2D eigenvalue weighted by molar-refractivity contribution is 5.96. The largest absolute Gasteiger partial charge is 0.335 e. The lowest BCUT2D eigenvalue weighted by atomic mass is 9.98. The number of nitrogens with one attached hydrogen (secondary N) is 2. The van der Waals surface area contributed by atoms with Crippen molar-refractivity contribution in [1.82, 2.24) is 10.6 Å². The summed E-state index contributed by atoms with van der Waals surface area (Å²) in [4.78, 5) is 26.4. The molecule has 5 nitrogen and oxygen atoms in total. The van der Waals surface area contributed by atoms with E-state index in [9.17, 15) is 14.0 Å². The summed E-state index contributed by atoms with van der Waals surface area (Å²) in [6.45, 7) is 0.375. The second kappa shape index (κ2) is 11.2. The van der Waals surface area contributed by atoms with Crippen molar-refractivity contribution in [2.24, 2.45) is 0 Å². The molecule has 1 heterocycles. The Bertz CT molecular complexity index is 670. The Morgan fingerprint density at radius 1 is 0.897 bits per heavy atom. The van der Waals surface area contributed by atoms with Gasteiger partial charge in [-0.25, -0.2) is 9.18 Å². The molecule has 0 unspecified atom stereocenters. The molecule has 3 rings (SSSR count). The lowest BCUT2D eigenvalue weighted by Gasteiger charge is -2.22. The van der Waals surface area contributed by atoms with Crippen LogP contribution >= 0.6 is 0 Å². The second-order valence-corrected chi connectivity index (χ2v) is 8.46. The number of nitrogens with zero attached hydrogens (tertiary/aromatic N) is 1. The minimum atomic E-state index is -0.369. The number of amides is 3. The zero-order valence-corrected chi connectivity index (χ0v) is 17.3. The van der Waals surface area contributed by atoms with Gasteiger partial charge in [0.15, 0.2) is 0 Å². The average Bonchev–Trinajstić information content (AvgIpc) is 3.04. The molecule has 2 fully saturated rings. The topological polar surface area (TPSA) is 61.4 Å². The molecular formula is C23H34FN3O2. The van der Waals surface area contributed by atoms with Crippen molar-refractivity contribution in [2.45, 2.75) is 89.1 Å². The number of hydrogen-bond donors (Lipinski definition) is 2. The molecule has 1 atom stereocenters. The van der Waals surface area contributed by atoms with Crippen LogP contribution in [0, 0.1) is 5.82 Å². The van der Waals surface area contributed by atoms with Crippen molar-refractivity contribution in [3.8, 4) is 0 Å². The Morgan fingerprint density at radius 3 is 2.10 bits per heavy atom. The molecule has 0 radical (unpaired) electrons. The number of carbonyl (C=O) groups is 2. The molecule has 160 valence electrons. The quantitative estimate of drug-likeness (QED) is 0.754. The van der Waals surface area contributed by atoms with E-state index in [4.69, 9.17) is 0 Å². The Hall–Kier alpha value is -2.11. The van der Waals surface area contributed by atoms with Crippen molar-refractivity contribution >= 4 is 17.6 Å². The Balaban J connectivity index is 1.48. The Labute approximate surface area is 173 Å². The van der Waals surface area contributed by atoms with Gasteiger partial charge in [0.2, 0.25) is 5.91 Å². The first-order chi connectivity index (χ1) is 14.1. The number of carbonyl (C=O) groups excluding carboxylic acids is 2. The highest BCUT2D eigenvalue weighted by Crippen LogP contribution is 2.22. The molecule has 1 aromatic carbocycles. The summed E-state index contributed by atoms with van der Waals surface area (Å²) in [5, 5.41) is 6.09. The van der Waals surface area contributed by atoms with E-state index in [2.05, 4.69) is 10.6 Å². The molecule has 0 aromatic heterocycles. The normalized spacial score (nSPS) is 22.6. The molecule has 6 heteroatoms. The van der Waals surface area contributed by atoms with Gasteiger partial charge in [-0.2, -0.15) is 0 Å². The van der Waals surface area contributed by atoms with Crippen LogP contribution in [-0.4, -0.2) is 30.6 Å². The fraction of sp³-hybridized carbons (Fsp3) is 0.652. The van der Waals surface area contributed by atoms with Crippen molar-refractivity contribution in [1.29, 1.82) is 0 Å². The molecule has 1 aliphatic heterocycles. The molecule has 0 spiro atoms. The molecule has 1 saturated carbocycles. The fourth-order valence-electron chi connectivity index (χ4n) is 4.42. The van der Waals surface area contributed by atoms with Crippen LogP contribution in [-0.2, 0) is 4.79 Å². The summed E-state index contributed by atoms with van der Waals surface area (Å²) in [5.41, 5.74) is 0.541. The number of hydrogen-bond acceptors (Lipinski definition) is 2.